The lowest BCUT2D eigenvalue weighted by molar-refractivity contribution is -0.119. The second kappa shape index (κ2) is 4.32. The smallest absolute Gasteiger partial charge is 0.273 e. The molecule has 0 unspecified atom stereocenters. The van der Waals surface area contributed by atoms with E-state index in [0.717, 1.165) is 29.1 Å². The third-order valence-electron chi connectivity index (χ3n) is 2.89. The minimum Gasteiger partial charge on any atom is -0.325 e. The van der Waals surface area contributed by atoms with Crippen LogP contribution < -0.4 is 10.5 Å². The van der Waals surface area contributed by atoms with E-state index < -0.39 is 21.5 Å². The van der Waals surface area contributed by atoms with Gasteiger partial charge in [0.1, 0.15) is 4.21 Å². The average Bonchev–Trinajstić information content (AvgIpc) is 2.79. The maximum absolute atomic E-state index is 12.0. The topological polar surface area (TPSA) is 89.3 Å². The number of carbonyl (C=O) groups excluding carboxylic acids is 1. The highest BCUT2D eigenvalue weighted by atomic mass is 32.2. The standard InChI is InChI=1S/C11H16N2O3S2/c1-7-5-8(2)17-10(7)18(15,16)13-9(14)6-11(12)3-4-11/h5H,3-4,6,12H2,1-2H3,(H,13,14). The molecule has 1 aromatic heterocycles. The zero-order chi connectivity index (χ0) is 13.6. The van der Waals surface area contributed by atoms with Gasteiger partial charge in [0.15, 0.2) is 0 Å². The van der Waals surface area contributed by atoms with Gasteiger partial charge in [-0.1, -0.05) is 0 Å². The fraction of sp³-hybridized carbons (Fsp3) is 0.545. The van der Waals surface area contributed by atoms with E-state index in [9.17, 15) is 13.2 Å². The number of nitrogens with two attached hydrogens (primary N) is 1. The molecule has 1 amide bonds. The van der Waals surface area contributed by atoms with Crippen LogP contribution in [0, 0.1) is 13.8 Å². The molecule has 0 spiro atoms. The summed E-state index contributed by atoms with van der Waals surface area (Å²) in [5.41, 5.74) is 5.96. The van der Waals surface area contributed by atoms with Crippen LogP contribution in [0.4, 0.5) is 0 Å². The van der Waals surface area contributed by atoms with Crippen molar-refractivity contribution in [1.29, 1.82) is 0 Å². The van der Waals surface area contributed by atoms with Gasteiger partial charge < -0.3 is 5.73 Å². The summed E-state index contributed by atoms with van der Waals surface area (Å²) >= 11 is 1.16. The van der Waals surface area contributed by atoms with Crippen molar-refractivity contribution in [3.63, 3.8) is 0 Å². The molecule has 2 rings (SSSR count). The molecule has 1 fully saturated rings. The maximum Gasteiger partial charge on any atom is 0.273 e. The fourth-order valence-electron chi connectivity index (χ4n) is 1.78. The van der Waals surface area contributed by atoms with Crippen LogP contribution in [0.3, 0.4) is 0 Å². The largest absolute Gasteiger partial charge is 0.325 e. The summed E-state index contributed by atoms with van der Waals surface area (Å²) in [6.45, 7) is 3.55. The van der Waals surface area contributed by atoms with Gasteiger partial charge in [-0.05, 0) is 38.3 Å². The summed E-state index contributed by atoms with van der Waals surface area (Å²) in [5, 5.41) is 0. The number of hydrogen-bond donors (Lipinski definition) is 2. The third-order valence-corrected chi connectivity index (χ3v) is 6.05. The molecule has 0 aliphatic heterocycles. The second-order valence-corrected chi connectivity index (χ2v) is 8.03. The second-order valence-electron chi connectivity index (χ2n) is 4.90. The fourth-order valence-corrected chi connectivity index (χ4v) is 4.43. The molecule has 0 atom stereocenters. The first-order valence-electron chi connectivity index (χ1n) is 5.63. The first kappa shape index (κ1) is 13.5. The van der Waals surface area contributed by atoms with Crippen LogP contribution in [0.5, 0.6) is 0 Å². The Morgan fingerprint density at radius 2 is 2.11 bits per heavy atom. The van der Waals surface area contributed by atoms with E-state index in [1.54, 1.807) is 13.0 Å². The number of nitrogens with one attached hydrogen (secondary N) is 1. The summed E-state index contributed by atoms with van der Waals surface area (Å²) in [6, 6.07) is 1.79. The molecule has 0 saturated heterocycles. The molecule has 3 N–H and O–H groups in total. The van der Waals surface area contributed by atoms with E-state index in [4.69, 9.17) is 5.73 Å². The van der Waals surface area contributed by atoms with Crippen LogP contribution in [0.2, 0.25) is 0 Å². The van der Waals surface area contributed by atoms with Crippen molar-refractivity contribution in [2.45, 2.75) is 42.9 Å². The molecular formula is C11H16N2O3S2. The van der Waals surface area contributed by atoms with E-state index in [1.165, 1.54) is 0 Å². The highest BCUT2D eigenvalue weighted by molar-refractivity contribution is 7.92. The van der Waals surface area contributed by atoms with Gasteiger partial charge in [0, 0.05) is 16.8 Å². The third kappa shape index (κ3) is 2.90. The van der Waals surface area contributed by atoms with Crippen LogP contribution in [0.25, 0.3) is 0 Å². The number of thiophene rings is 1. The average molecular weight is 288 g/mol. The van der Waals surface area contributed by atoms with Gasteiger partial charge >= 0.3 is 0 Å². The summed E-state index contributed by atoms with van der Waals surface area (Å²) < 4.78 is 26.3. The zero-order valence-corrected chi connectivity index (χ0v) is 12.0. The normalized spacial score (nSPS) is 17.5. The van der Waals surface area contributed by atoms with Crippen LogP contribution in [0.15, 0.2) is 10.3 Å². The van der Waals surface area contributed by atoms with E-state index in [0.29, 0.717) is 5.56 Å². The predicted octanol–water partition coefficient (Wildman–Crippen LogP) is 1.05. The number of sulfonamides is 1. The number of aryl methyl sites for hydroxylation is 2. The Morgan fingerprint density at radius 3 is 2.56 bits per heavy atom. The lowest BCUT2D eigenvalue weighted by Gasteiger charge is -2.09. The molecule has 0 aromatic carbocycles. The van der Waals surface area contributed by atoms with E-state index >= 15 is 0 Å². The van der Waals surface area contributed by atoms with Gasteiger partial charge in [-0.25, -0.2) is 13.1 Å². The Hall–Kier alpha value is -0.920. The van der Waals surface area contributed by atoms with Gasteiger partial charge in [-0.15, -0.1) is 11.3 Å². The molecule has 100 valence electrons. The molecule has 1 aliphatic rings. The van der Waals surface area contributed by atoms with Crippen LogP contribution in [0.1, 0.15) is 29.7 Å². The lowest BCUT2D eigenvalue weighted by Crippen LogP contribution is -2.36. The molecule has 5 nitrogen and oxygen atoms in total. The molecule has 1 saturated carbocycles. The highest BCUT2D eigenvalue weighted by Gasteiger charge is 2.40. The van der Waals surface area contributed by atoms with Crippen molar-refractivity contribution in [3.8, 4) is 0 Å². The molecule has 0 bridgehead atoms. The minimum absolute atomic E-state index is 0.0651. The summed E-state index contributed by atoms with van der Waals surface area (Å²) in [7, 11) is -3.75. The quantitative estimate of drug-likeness (QED) is 0.866. The van der Waals surface area contributed by atoms with E-state index in [2.05, 4.69) is 4.72 Å². The van der Waals surface area contributed by atoms with Crippen LogP contribution in [-0.2, 0) is 14.8 Å². The minimum atomic E-state index is -3.75. The van der Waals surface area contributed by atoms with Crippen molar-refractivity contribution >= 4 is 27.3 Å². The summed E-state index contributed by atoms with van der Waals surface area (Å²) in [6.07, 6.45) is 1.62. The number of amides is 1. The molecule has 1 aliphatic carbocycles. The number of rotatable bonds is 4. The molecule has 7 heteroatoms. The maximum atomic E-state index is 12.0. The van der Waals surface area contributed by atoms with E-state index in [-0.39, 0.29) is 10.6 Å². The van der Waals surface area contributed by atoms with E-state index in [1.807, 2.05) is 6.92 Å². The lowest BCUT2D eigenvalue weighted by atomic mass is 10.2. The number of hydrogen-bond acceptors (Lipinski definition) is 5. The Balaban J connectivity index is 2.12. The number of carbonyl (C=O) groups is 1. The van der Waals surface area contributed by atoms with Gasteiger partial charge in [0.25, 0.3) is 10.0 Å². The molecule has 1 aromatic rings. The van der Waals surface area contributed by atoms with Crippen molar-refractivity contribution in [2.75, 3.05) is 0 Å². The van der Waals surface area contributed by atoms with Crippen molar-refractivity contribution in [3.05, 3.63) is 16.5 Å². The van der Waals surface area contributed by atoms with Crippen molar-refractivity contribution in [2.24, 2.45) is 5.73 Å². The van der Waals surface area contributed by atoms with Gasteiger partial charge in [0.2, 0.25) is 5.91 Å². The first-order valence-corrected chi connectivity index (χ1v) is 7.93. The molecule has 18 heavy (non-hydrogen) atoms. The first-order chi connectivity index (χ1) is 8.22. The summed E-state index contributed by atoms with van der Waals surface area (Å²) in [5.74, 6) is -0.527. The predicted molar refractivity (Wildman–Crippen MR) is 69.9 cm³/mol. The van der Waals surface area contributed by atoms with Crippen molar-refractivity contribution in [1.82, 2.24) is 4.72 Å². The van der Waals surface area contributed by atoms with Gasteiger partial charge in [0.05, 0.1) is 0 Å². The Morgan fingerprint density at radius 1 is 1.50 bits per heavy atom. The Bertz CT molecular complexity index is 585. The van der Waals surface area contributed by atoms with Gasteiger partial charge in [-0.2, -0.15) is 0 Å². The zero-order valence-electron chi connectivity index (χ0n) is 10.3. The monoisotopic (exact) mass is 288 g/mol. The Labute approximate surface area is 110 Å². The molecule has 0 radical (unpaired) electrons. The molecule has 1 heterocycles. The highest BCUT2D eigenvalue weighted by Crippen LogP contribution is 2.35. The van der Waals surface area contributed by atoms with Gasteiger partial charge in [-0.3, -0.25) is 4.79 Å². The molecular weight excluding hydrogens is 272 g/mol. The SMILES string of the molecule is Cc1cc(C)c(S(=O)(=O)NC(=O)CC2(N)CC2)s1. The van der Waals surface area contributed by atoms with Crippen LogP contribution in [-0.4, -0.2) is 19.9 Å². The van der Waals surface area contributed by atoms with Crippen LogP contribution >= 0.6 is 11.3 Å². The Kier molecular flexibility index (Phi) is 3.25. The van der Waals surface area contributed by atoms with Crippen molar-refractivity contribution < 1.29 is 13.2 Å². The summed E-state index contributed by atoms with van der Waals surface area (Å²) in [4.78, 5) is 12.5.